The number of benzene rings is 1. The Morgan fingerprint density at radius 2 is 1.79 bits per heavy atom. The summed E-state index contributed by atoms with van der Waals surface area (Å²) < 4.78 is 6.94. The minimum absolute atomic E-state index is 0.125. The van der Waals surface area contributed by atoms with Crippen LogP contribution in [0.2, 0.25) is 0 Å². The Labute approximate surface area is 162 Å². The van der Waals surface area contributed by atoms with Crippen LogP contribution in [0.25, 0.3) is 5.52 Å². The first-order valence-electron chi connectivity index (χ1n) is 9.40. The van der Waals surface area contributed by atoms with Gasteiger partial charge in [-0.15, -0.1) is 0 Å². The second kappa shape index (κ2) is 7.72. The van der Waals surface area contributed by atoms with Crippen LogP contribution < -0.4 is 10.1 Å². The van der Waals surface area contributed by atoms with Crippen molar-refractivity contribution in [3.05, 3.63) is 60.2 Å². The molecule has 0 saturated carbocycles. The maximum absolute atomic E-state index is 13.0. The molecule has 1 N–H and O–H groups in total. The molecule has 144 valence electrons. The van der Waals surface area contributed by atoms with Gasteiger partial charge in [-0.1, -0.05) is 18.2 Å². The fourth-order valence-corrected chi connectivity index (χ4v) is 3.53. The quantitative estimate of drug-likeness (QED) is 0.756. The number of rotatable bonds is 4. The molecular weight excluding hydrogens is 356 g/mol. The standard InChI is InChI=1S/C21H22N4O3/c1-28-17-11-4-3-9-15(17)22-20(26)19-23-18(16-10-5-8-14-25(16)19)21(27)24-12-6-2-7-13-24/h3-5,8-11,14H,2,6-7,12-13H2,1H3,(H,22,26). The van der Waals surface area contributed by atoms with E-state index in [9.17, 15) is 9.59 Å². The third kappa shape index (κ3) is 3.31. The number of nitrogens with zero attached hydrogens (tertiary/aromatic N) is 3. The van der Waals surface area contributed by atoms with E-state index < -0.39 is 5.91 Å². The van der Waals surface area contributed by atoms with Gasteiger partial charge in [-0.25, -0.2) is 4.98 Å². The third-order valence-electron chi connectivity index (χ3n) is 4.95. The fraction of sp³-hybridized carbons (Fsp3) is 0.286. The zero-order valence-corrected chi connectivity index (χ0v) is 15.7. The molecule has 28 heavy (non-hydrogen) atoms. The predicted octanol–water partition coefficient (Wildman–Crippen LogP) is 3.22. The van der Waals surface area contributed by atoms with Crippen molar-refractivity contribution in [2.45, 2.75) is 19.3 Å². The van der Waals surface area contributed by atoms with E-state index >= 15 is 0 Å². The summed E-state index contributed by atoms with van der Waals surface area (Å²) in [5.74, 6) is 0.200. The Balaban J connectivity index is 1.69. The Morgan fingerprint density at radius 3 is 2.57 bits per heavy atom. The molecule has 1 aliphatic heterocycles. The lowest BCUT2D eigenvalue weighted by Gasteiger charge is -2.25. The number of para-hydroxylation sites is 2. The Morgan fingerprint density at radius 1 is 1.04 bits per heavy atom. The molecule has 3 heterocycles. The average Bonchev–Trinajstić information content (AvgIpc) is 3.14. The van der Waals surface area contributed by atoms with Crippen LogP contribution in [-0.4, -0.2) is 46.3 Å². The Kier molecular flexibility index (Phi) is 4.97. The van der Waals surface area contributed by atoms with Gasteiger partial charge in [0.2, 0.25) is 5.82 Å². The van der Waals surface area contributed by atoms with Crippen LogP contribution in [0, 0.1) is 0 Å². The molecule has 1 saturated heterocycles. The second-order valence-corrected chi connectivity index (χ2v) is 6.75. The van der Waals surface area contributed by atoms with E-state index in [0.29, 0.717) is 22.6 Å². The SMILES string of the molecule is COc1ccccc1NC(=O)c1nc(C(=O)N2CCCCC2)c2ccccn12. The number of aromatic nitrogens is 2. The lowest BCUT2D eigenvalue weighted by molar-refractivity contribution is 0.0721. The Hall–Kier alpha value is -3.35. The van der Waals surface area contributed by atoms with Crippen LogP contribution in [-0.2, 0) is 0 Å². The highest BCUT2D eigenvalue weighted by Gasteiger charge is 2.26. The first kappa shape index (κ1) is 18.0. The van der Waals surface area contributed by atoms with Gasteiger partial charge < -0.3 is 15.0 Å². The highest BCUT2D eigenvalue weighted by atomic mass is 16.5. The molecule has 2 aromatic heterocycles. The van der Waals surface area contributed by atoms with Gasteiger partial charge in [0.25, 0.3) is 11.8 Å². The van der Waals surface area contributed by atoms with Crippen molar-refractivity contribution in [2.24, 2.45) is 0 Å². The number of hydrogen-bond acceptors (Lipinski definition) is 4. The lowest BCUT2D eigenvalue weighted by Crippen LogP contribution is -2.36. The van der Waals surface area contributed by atoms with Gasteiger partial charge in [-0.05, 0) is 43.5 Å². The van der Waals surface area contributed by atoms with Crippen molar-refractivity contribution < 1.29 is 14.3 Å². The molecule has 1 aromatic carbocycles. The molecule has 0 bridgehead atoms. The molecule has 7 nitrogen and oxygen atoms in total. The summed E-state index contributed by atoms with van der Waals surface area (Å²) in [7, 11) is 1.55. The number of ether oxygens (including phenoxy) is 1. The number of fused-ring (bicyclic) bond motifs is 1. The molecule has 1 aliphatic rings. The zero-order chi connectivity index (χ0) is 19.5. The van der Waals surface area contributed by atoms with Crippen LogP contribution in [0.1, 0.15) is 40.4 Å². The van der Waals surface area contributed by atoms with Crippen molar-refractivity contribution in [1.82, 2.24) is 14.3 Å². The molecule has 4 rings (SSSR count). The van der Waals surface area contributed by atoms with Crippen molar-refractivity contribution >= 4 is 23.0 Å². The zero-order valence-electron chi connectivity index (χ0n) is 15.7. The summed E-state index contributed by atoms with van der Waals surface area (Å²) in [5.41, 5.74) is 1.49. The molecule has 3 aromatic rings. The third-order valence-corrected chi connectivity index (χ3v) is 4.95. The van der Waals surface area contributed by atoms with E-state index in [-0.39, 0.29) is 11.7 Å². The number of hydrogen-bond donors (Lipinski definition) is 1. The van der Waals surface area contributed by atoms with Crippen LogP contribution >= 0.6 is 0 Å². The summed E-state index contributed by atoms with van der Waals surface area (Å²) in [6.45, 7) is 1.46. The first-order valence-corrected chi connectivity index (χ1v) is 9.40. The Bertz CT molecular complexity index is 1020. The van der Waals surface area contributed by atoms with Gasteiger partial charge in [-0.3, -0.25) is 14.0 Å². The van der Waals surface area contributed by atoms with E-state index in [1.807, 2.05) is 35.2 Å². The molecule has 1 fully saturated rings. The number of carbonyl (C=O) groups excluding carboxylic acids is 2. The molecular formula is C21H22N4O3. The minimum Gasteiger partial charge on any atom is -0.495 e. The van der Waals surface area contributed by atoms with E-state index in [1.165, 1.54) is 0 Å². The lowest BCUT2D eigenvalue weighted by atomic mass is 10.1. The number of imidazole rings is 1. The van der Waals surface area contributed by atoms with Crippen LogP contribution in [0.15, 0.2) is 48.7 Å². The number of pyridine rings is 1. The summed E-state index contributed by atoms with van der Waals surface area (Å²) in [6.07, 6.45) is 4.88. The molecule has 0 unspecified atom stereocenters. The van der Waals surface area contributed by atoms with Gasteiger partial charge >= 0.3 is 0 Å². The van der Waals surface area contributed by atoms with Gasteiger partial charge in [0.1, 0.15) is 5.75 Å². The first-order chi connectivity index (χ1) is 13.7. The van der Waals surface area contributed by atoms with Crippen LogP contribution in [0.5, 0.6) is 5.75 Å². The summed E-state index contributed by atoms with van der Waals surface area (Å²) in [6, 6.07) is 12.6. The molecule has 0 spiro atoms. The van der Waals surface area contributed by atoms with Gasteiger partial charge in [0.15, 0.2) is 5.69 Å². The maximum Gasteiger partial charge on any atom is 0.292 e. The second-order valence-electron chi connectivity index (χ2n) is 6.75. The average molecular weight is 378 g/mol. The summed E-state index contributed by atoms with van der Waals surface area (Å²) >= 11 is 0. The topological polar surface area (TPSA) is 75.9 Å². The highest BCUT2D eigenvalue weighted by Crippen LogP contribution is 2.24. The van der Waals surface area contributed by atoms with Gasteiger partial charge in [0.05, 0.1) is 18.3 Å². The van der Waals surface area contributed by atoms with Crippen molar-refractivity contribution in [2.75, 3.05) is 25.5 Å². The van der Waals surface area contributed by atoms with Crippen molar-refractivity contribution in [3.63, 3.8) is 0 Å². The maximum atomic E-state index is 13.0. The number of carbonyl (C=O) groups is 2. The number of methoxy groups -OCH3 is 1. The van der Waals surface area contributed by atoms with Crippen LogP contribution in [0.3, 0.4) is 0 Å². The number of amides is 2. The normalized spacial score (nSPS) is 14.1. The predicted molar refractivity (Wildman–Crippen MR) is 106 cm³/mol. The van der Waals surface area contributed by atoms with E-state index in [1.54, 1.807) is 29.8 Å². The monoisotopic (exact) mass is 378 g/mol. The van der Waals surface area contributed by atoms with E-state index in [0.717, 1.165) is 32.4 Å². The number of anilines is 1. The molecule has 7 heteroatoms. The number of likely N-dealkylation sites (tertiary alicyclic amines) is 1. The van der Waals surface area contributed by atoms with Crippen LogP contribution in [0.4, 0.5) is 5.69 Å². The summed E-state index contributed by atoms with van der Waals surface area (Å²) in [5, 5.41) is 2.83. The summed E-state index contributed by atoms with van der Waals surface area (Å²) in [4.78, 5) is 32.2. The smallest absolute Gasteiger partial charge is 0.292 e. The molecule has 0 atom stereocenters. The van der Waals surface area contributed by atoms with E-state index in [2.05, 4.69) is 10.3 Å². The number of nitrogens with one attached hydrogen (secondary N) is 1. The van der Waals surface area contributed by atoms with Crippen molar-refractivity contribution in [3.8, 4) is 5.75 Å². The minimum atomic E-state index is -0.400. The van der Waals surface area contributed by atoms with Gasteiger partial charge in [-0.2, -0.15) is 0 Å². The molecule has 0 radical (unpaired) electrons. The highest BCUT2D eigenvalue weighted by molar-refractivity contribution is 6.06. The van der Waals surface area contributed by atoms with Crippen molar-refractivity contribution in [1.29, 1.82) is 0 Å². The molecule has 2 amide bonds. The largest absolute Gasteiger partial charge is 0.495 e. The van der Waals surface area contributed by atoms with Gasteiger partial charge in [0, 0.05) is 19.3 Å². The molecule has 0 aliphatic carbocycles. The number of piperidine rings is 1. The van der Waals surface area contributed by atoms with E-state index in [4.69, 9.17) is 4.74 Å². The fourth-order valence-electron chi connectivity index (χ4n) is 3.53.